The van der Waals surface area contributed by atoms with E-state index in [-0.39, 0.29) is 13.4 Å². The molecule has 0 saturated carbocycles. The van der Waals surface area contributed by atoms with Crippen molar-refractivity contribution in [2.75, 3.05) is 6.79 Å². The molecule has 0 spiro atoms. The second-order valence-electron chi connectivity index (χ2n) is 4.93. The van der Waals surface area contributed by atoms with Gasteiger partial charge in [-0.3, -0.25) is 0 Å². The highest BCUT2D eigenvalue weighted by atomic mass is 16.7. The molecule has 0 radical (unpaired) electrons. The Hall–Kier alpha value is -2.20. The predicted molar refractivity (Wildman–Crippen MR) is 78.6 cm³/mol. The van der Waals surface area contributed by atoms with Gasteiger partial charge in [0.1, 0.15) is 12.4 Å². The van der Waals surface area contributed by atoms with Crippen LogP contribution in [0.15, 0.2) is 36.4 Å². The zero-order valence-corrected chi connectivity index (χ0v) is 12.0. The minimum absolute atomic E-state index is 0.0965. The average molecular weight is 286 g/mol. The molecule has 0 aromatic heterocycles. The summed E-state index contributed by atoms with van der Waals surface area (Å²) in [4.78, 5) is 0. The van der Waals surface area contributed by atoms with Crippen LogP contribution < -0.4 is 14.2 Å². The molecule has 0 bridgehead atoms. The molecule has 3 rings (SSSR count). The zero-order valence-electron chi connectivity index (χ0n) is 12.0. The molecular formula is C17H18O4. The molecule has 1 heterocycles. The van der Waals surface area contributed by atoms with E-state index in [0.717, 1.165) is 12.0 Å². The van der Waals surface area contributed by atoms with Crippen molar-refractivity contribution >= 4 is 0 Å². The van der Waals surface area contributed by atoms with Gasteiger partial charge in [-0.2, -0.15) is 0 Å². The van der Waals surface area contributed by atoms with E-state index >= 15 is 0 Å². The van der Waals surface area contributed by atoms with E-state index in [4.69, 9.17) is 14.2 Å². The van der Waals surface area contributed by atoms with Crippen molar-refractivity contribution in [2.45, 2.75) is 26.6 Å². The van der Waals surface area contributed by atoms with Gasteiger partial charge in [-0.15, -0.1) is 0 Å². The second-order valence-corrected chi connectivity index (χ2v) is 4.93. The predicted octanol–water partition coefficient (Wildman–Crippen LogP) is 3.05. The van der Waals surface area contributed by atoms with Gasteiger partial charge in [0, 0.05) is 11.6 Å². The molecule has 0 atom stereocenters. The molecule has 4 nitrogen and oxygen atoms in total. The number of aliphatic hydroxyl groups excluding tert-OH is 1. The SMILES string of the molecule is CCc1ccc(COc2cc3c(cc2CO)OCO3)cc1. The number of hydrogen-bond donors (Lipinski definition) is 1. The Morgan fingerprint density at radius 3 is 2.38 bits per heavy atom. The van der Waals surface area contributed by atoms with Gasteiger partial charge < -0.3 is 19.3 Å². The molecule has 21 heavy (non-hydrogen) atoms. The monoisotopic (exact) mass is 286 g/mol. The van der Waals surface area contributed by atoms with E-state index in [0.29, 0.717) is 29.4 Å². The second kappa shape index (κ2) is 6.06. The van der Waals surface area contributed by atoms with Crippen LogP contribution in [0.2, 0.25) is 0 Å². The first-order valence-electron chi connectivity index (χ1n) is 7.04. The quantitative estimate of drug-likeness (QED) is 0.917. The lowest BCUT2D eigenvalue weighted by Gasteiger charge is -2.11. The molecule has 110 valence electrons. The third-order valence-electron chi connectivity index (χ3n) is 3.55. The van der Waals surface area contributed by atoms with E-state index < -0.39 is 0 Å². The van der Waals surface area contributed by atoms with E-state index in [1.54, 1.807) is 12.1 Å². The zero-order chi connectivity index (χ0) is 14.7. The van der Waals surface area contributed by atoms with E-state index in [9.17, 15) is 5.11 Å². The number of aryl methyl sites for hydroxylation is 1. The maximum absolute atomic E-state index is 9.44. The summed E-state index contributed by atoms with van der Waals surface area (Å²) in [5.74, 6) is 1.93. The largest absolute Gasteiger partial charge is 0.488 e. The van der Waals surface area contributed by atoms with Crippen molar-refractivity contribution in [3.05, 3.63) is 53.1 Å². The Bertz CT molecular complexity index is 619. The fourth-order valence-electron chi connectivity index (χ4n) is 2.26. The highest BCUT2D eigenvalue weighted by Gasteiger charge is 2.17. The van der Waals surface area contributed by atoms with E-state index in [2.05, 4.69) is 31.2 Å². The summed E-state index contributed by atoms with van der Waals surface area (Å²) in [7, 11) is 0. The maximum atomic E-state index is 9.44. The van der Waals surface area contributed by atoms with Crippen LogP contribution in [0.3, 0.4) is 0 Å². The fraction of sp³-hybridized carbons (Fsp3) is 0.294. The Balaban J connectivity index is 1.74. The summed E-state index contributed by atoms with van der Waals surface area (Å²) in [6.45, 7) is 2.70. The van der Waals surface area contributed by atoms with Gasteiger partial charge in [0.15, 0.2) is 11.5 Å². The Morgan fingerprint density at radius 1 is 1.05 bits per heavy atom. The summed E-state index contributed by atoms with van der Waals surface area (Å²) >= 11 is 0. The lowest BCUT2D eigenvalue weighted by molar-refractivity contribution is 0.173. The van der Waals surface area contributed by atoms with Crippen LogP contribution in [0, 0.1) is 0 Å². The van der Waals surface area contributed by atoms with Gasteiger partial charge in [0.25, 0.3) is 0 Å². The Kier molecular flexibility index (Phi) is 3.97. The minimum Gasteiger partial charge on any atom is -0.488 e. The Labute approximate surface area is 123 Å². The first-order chi connectivity index (χ1) is 10.3. The molecular weight excluding hydrogens is 268 g/mol. The lowest BCUT2D eigenvalue weighted by Crippen LogP contribution is -1.99. The van der Waals surface area contributed by atoms with Gasteiger partial charge in [-0.05, 0) is 23.6 Å². The van der Waals surface area contributed by atoms with Crippen molar-refractivity contribution in [2.24, 2.45) is 0 Å². The summed E-state index contributed by atoms with van der Waals surface area (Å²) < 4.78 is 16.4. The summed E-state index contributed by atoms with van der Waals surface area (Å²) in [5.41, 5.74) is 3.09. The van der Waals surface area contributed by atoms with Gasteiger partial charge in [0.05, 0.1) is 6.61 Å². The van der Waals surface area contributed by atoms with Crippen LogP contribution in [-0.4, -0.2) is 11.9 Å². The fourth-order valence-corrected chi connectivity index (χ4v) is 2.26. The van der Waals surface area contributed by atoms with Crippen molar-refractivity contribution in [3.8, 4) is 17.2 Å². The molecule has 0 unspecified atom stereocenters. The smallest absolute Gasteiger partial charge is 0.231 e. The molecule has 0 fully saturated rings. The molecule has 1 aliphatic rings. The number of ether oxygens (including phenoxy) is 3. The molecule has 2 aromatic carbocycles. The van der Waals surface area contributed by atoms with Gasteiger partial charge in [-0.1, -0.05) is 31.2 Å². The average Bonchev–Trinajstić information content (AvgIpc) is 2.99. The van der Waals surface area contributed by atoms with E-state index in [1.807, 2.05) is 0 Å². The molecule has 2 aromatic rings. The van der Waals surface area contributed by atoms with Gasteiger partial charge >= 0.3 is 0 Å². The third-order valence-corrected chi connectivity index (χ3v) is 3.55. The summed E-state index contributed by atoms with van der Waals surface area (Å²) in [5, 5.41) is 9.44. The first kappa shape index (κ1) is 13.8. The van der Waals surface area contributed by atoms with Crippen LogP contribution in [-0.2, 0) is 19.6 Å². The summed E-state index contributed by atoms with van der Waals surface area (Å²) in [6.07, 6.45) is 1.03. The number of fused-ring (bicyclic) bond motifs is 1. The first-order valence-corrected chi connectivity index (χ1v) is 7.04. The van der Waals surface area contributed by atoms with Gasteiger partial charge in [0.2, 0.25) is 6.79 Å². The lowest BCUT2D eigenvalue weighted by atomic mass is 10.1. The Morgan fingerprint density at radius 2 is 1.71 bits per heavy atom. The van der Waals surface area contributed by atoms with Crippen molar-refractivity contribution in [1.82, 2.24) is 0 Å². The highest BCUT2D eigenvalue weighted by Crippen LogP contribution is 2.38. The van der Waals surface area contributed by atoms with E-state index in [1.165, 1.54) is 5.56 Å². The highest BCUT2D eigenvalue weighted by molar-refractivity contribution is 5.51. The number of aliphatic hydroxyl groups is 1. The van der Waals surface area contributed by atoms with Crippen molar-refractivity contribution < 1.29 is 19.3 Å². The van der Waals surface area contributed by atoms with Crippen molar-refractivity contribution in [3.63, 3.8) is 0 Å². The van der Waals surface area contributed by atoms with Crippen LogP contribution in [0.5, 0.6) is 17.2 Å². The number of benzene rings is 2. The molecule has 0 aliphatic carbocycles. The van der Waals surface area contributed by atoms with Crippen LogP contribution in [0.4, 0.5) is 0 Å². The third kappa shape index (κ3) is 2.95. The standard InChI is InChI=1S/C17H18O4/c1-2-12-3-5-13(6-4-12)10-19-15-8-17-16(20-11-21-17)7-14(15)9-18/h3-8,18H,2,9-11H2,1H3. The van der Waals surface area contributed by atoms with Crippen LogP contribution in [0.1, 0.15) is 23.6 Å². The molecule has 4 heteroatoms. The van der Waals surface area contributed by atoms with Crippen molar-refractivity contribution in [1.29, 1.82) is 0 Å². The topological polar surface area (TPSA) is 47.9 Å². The normalized spacial score (nSPS) is 12.5. The minimum atomic E-state index is -0.0965. The molecule has 0 amide bonds. The molecule has 1 aliphatic heterocycles. The summed E-state index contributed by atoms with van der Waals surface area (Å²) in [6, 6.07) is 11.9. The van der Waals surface area contributed by atoms with Crippen LogP contribution in [0.25, 0.3) is 0 Å². The molecule has 1 N–H and O–H groups in total. The maximum Gasteiger partial charge on any atom is 0.231 e. The van der Waals surface area contributed by atoms with Gasteiger partial charge in [-0.25, -0.2) is 0 Å². The number of hydrogen-bond acceptors (Lipinski definition) is 4. The number of rotatable bonds is 5. The van der Waals surface area contributed by atoms with Crippen LogP contribution >= 0.6 is 0 Å². The molecule has 0 saturated heterocycles.